The second-order valence-corrected chi connectivity index (χ2v) is 3.79. The molecule has 1 aliphatic rings. The van der Waals surface area contributed by atoms with Crippen LogP contribution in [0.5, 0.6) is 0 Å². The van der Waals surface area contributed by atoms with Crippen molar-refractivity contribution in [1.82, 2.24) is 0 Å². The van der Waals surface area contributed by atoms with Crippen molar-refractivity contribution in [2.24, 2.45) is 5.41 Å². The standard InChI is InChI=1S/C12H13NO/c1-14-11(12(9-13)7-8-12)10-5-3-2-4-6-10/h2-6,11H,7-8H2,1H3. The zero-order valence-corrected chi connectivity index (χ0v) is 8.23. The molecule has 1 fully saturated rings. The first-order valence-corrected chi connectivity index (χ1v) is 4.81. The van der Waals surface area contributed by atoms with E-state index in [-0.39, 0.29) is 11.5 Å². The number of hydrogen-bond donors (Lipinski definition) is 0. The summed E-state index contributed by atoms with van der Waals surface area (Å²) in [4.78, 5) is 0. The van der Waals surface area contributed by atoms with Crippen LogP contribution in [-0.2, 0) is 4.74 Å². The normalized spacial score (nSPS) is 19.7. The van der Waals surface area contributed by atoms with E-state index >= 15 is 0 Å². The van der Waals surface area contributed by atoms with Gasteiger partial charge in [-0.15, -0.1) is 0 Å². The molecular formula is C12H13NO. The van der Waals surface area contributed by atoms with Gasteiger partial charge in [0.05, 0.1) is 11.5 Å². The zero-order valence-electron chi connectivity index (χ0n) is 8.23. The summed E-state index contributed by atoms with van der Waals surface area (Å²) in [7, 11) is 1.68. The lowest BCUT2D eigenvalue weighted by atomic mass is 9.94. The Labute approximate surface area is 84.1 Å². The molecule has 0 amide bonds. The average molecular weight is 187 g/mol. The van der Waals surface area contributed by atoms with Gasteiger partial charge in [-0.3, -0.25) is 0 Å². The van der Waals surface area contributed by atoms with E-state index in [2.05, 4.69) is 6.07 Å². The third-order valence-electron chi connectivity index (χ3n) is 2.85. The SMILES string of the molecule is COC(c1ccccc1)C1(C#N)CC1. The number of nitrogens with zero attached hydrogens (tertiary/aromatic N) is 1. The van der Waals surface area contributed by atoms with Crippen LogP contribution in [0.1, 0.15) is 24.5 Å². The molecule has 72 valence electrons. The van der Waals surface area contributed by atoms with Crippen molar-refractivity contribution in [1.29, 1.82) is 5.26 Å². The van der Waals surface area contributed by atoms with Crippen molar-refractivity contribution in [3.05, 3.63) is 35.9 Å². The van der Waals surface area contributed by atoms with Gasteiger partial charge in [-0.2, -0.15) is 5.26 Å². The first-order chi connectivity index (χ1) is 6.82. The van der Waals surface area contributed by atoms with Gasteiger partial charge in [0.25, 0.3) is 0 Å². The van der Waals surface area contributed by atoms with Crippen LogP contribution in [0, 0.1) is 16.7 Å². The summed E-state index contributed by atoms with van der Waals surface area (Å²) in [5, 5.41) is 9.09. The molecule has 1 saturated carbocycles. The molecule has 0 spiro atoms. The molecule has 1 unspecified atom stereocenters. The van der Waals surface area contributed by atoms with E-state index in [9.17, 15) is 0 Å². The second-order valence-electron chi connectivity index (χ2n) is 3.79. The summed E-state index contributed by atoms with van der Waals surface area (Å²) in [6.07, 6.45) is 1.85. The Kier molecular flexibility index (Phi) is 2.26. The number of benzene rings is 1. The lowest BCUT2D eigenvalue weighted by Gasteiger charge is -2.19. The fourth-order valence-electron chi connectivity index (χ4n) is 1.88. The van der Waals surface area contributed by atoms with E-state index in [1.807, 2.05) is 30.3 Å². The first kappa shape index (κ1) is 9.23. The van der Waals surface area contributed by atoms with Crippen LogP contribution in [0.15, 0.2) is 30.3 Å². The van der Waals surface area contributed by atoms with Gasteiger partial charge >= 0.3 is 0 Å². The van der Waals surface area contributed by atoms with E-state index in [1.165, 1.54) is 0 Å². The molecule has 14 heavy (non-hydrogen) atoms. The van der Waals surface area contributed by atoms with Crippen molar-refractivity contribution in [2.75, 3.05) is 7.11 Å². The first-order valence-electron chi connectivity index (χ1n) is 4.81. The Balaban J connectivity index is 2.28. The maximum Gasteiger partial charge on any atom is 0.101 e. The van der Waals surface area contributed by atoms with Crippen LogP contribution in [-0.4, -0.2) is 7.11 Å². The van der Waals surface area contributed by atoms with Gasteiger partial charge in [0.2, 0.25) is 0 Å². The molecule has 2 nitrogen and oxygen atoms in total. The van der Waals surface area contributed by atoms with E-state index in [0.29, 0.717) is 0 Å². The van der Waals surface area contributed by atoms with E-state index in [4.69, 9.17) is 10.00 Å². The molecule has 2 rings (SSSR count). The van der Waals surface area contributed by atoms with Gasteiger partial charge < -0.3 is 4.74 Å². The average Bonchev–Trinajstić information content (AvgIpc) is 3.02. The van der Waals surface area contributed by atoms with E-state index < -0.39 is 0 Å². The molecule has 0 heterocycles. The summed E-state index contributed by atoms with van der Waals surface area (Å²) < 4.78 is 5.43. The van der Waals surface area contributed by atoms with Gasteiger partial charge in [-0.25, -0.2) is 0 Å². The van der Waals surface area contributed by atoms with E-state index in [0.717, 1.165) is 18.4 Å². The lowest BCUT2D eigenvalue weighted by Crippen LogP contribution is -2.14. The van der Waals surface area contributed by atoms with Crippen LogP contribution in [0.25, 0.3) is 0 Å². The number of methoxy groups -OCH3 is 1. The molecule has 0 bridgehead atoms. The minimum atomic E-state index is -0.254. The monoisotopic (exact) mass is 187 g/mol. The molecule has 0 aromatic heterocycles. The highest BCUT2D eigenvalue weighted by Crippen LogP contribution is 2.55. The molecule has 0 saturated heterocycles. The fourth-order valence-corrected chi connectivity index (χ4v) is 1.88. The second kappa shape index (κ2) is 3.43. The minimum Gasteiger partial charge on any atom is -0.375 e. The third kappa shape index (κ3) is 1.40. The number of hydrogen-bond acceptors (Lipinski definition) is 2. The molecule has 0 aliphatic heterocycles. The Bertz CT molecular complexity index is 348. The Morgan fingerprint density at radius 3 is 2.43 bits per heavy atom. The minimum absolute atomic E-state index is 0.0614. The van der Waals surface area contributed by atoms with Gasteiger partial charge in [-0.1, -0.05) is 30.3 Å². The molecule has 1 aromatic carbocycles. The quantitative estimate of drug-likeness (QED) is 0.728. The van der Waals surface area contributed by atoms with Gasteiger partial charge in [0.15, 0.2) is 0 Å². The molecular weight excluding hydrogens is 174 g/mol. The lowest BCUT2D eigenvalue weighted by molar-refractivity contribution is 0.0610. The topological polar surface area (TPSA) is 33.0 Å². The van der Waals surface area contributed by atoms with Gasteiger partial charge in [-0.05, 0) is 18.4 Å². The summed E-state index contributed by atoms with van der Waals surface area (Å²) in [5.74, 6) is 0. The maximum absolute atomic E-state index is 9.09. The van der Waals surface area contributed by atoms with Crippen molar-refractivity contribution in [3.8, 4) is 6.07 Å². The molecule has 0 radical (unpaired) electrons. The number of ether oxygens (including phenoxy) is 1. The molecule has 1 aliphatic carbocycles. The van der Waals surface area contributed by atoms with Crippen molar-refractivity contribution in [2.45, 2.75) is 18.9 Å². The van der Waals surface area contributed by atoms with Gasteiger partial charge in [0, 0.05) is 7.11 Å². The van der Waals surface area contributed by atoms with Crippen molar-refractivity contribution in [3.63, 3.8) is 0 Å². The molecule has 1 atom stereocenters. The van der Waals surface area contributed by atoms with Crippen molar-refractivity contribution < 1.29 is 4.74 Å². The third-order valence-corrected chi connectivity index (χ3v) is 2.85. The summed E-state index contributed by atoms with van der Waals surface area (Å²) in [6, 6.07) is 12.4. The highest BCUT2D eigenvalue weighted by atomic mass is 16.5. The predicted octanol–water partition coefficient (Wildman–Crippen LogP) is 2.68. The van der Waals surface area contributed by atoms with Crippen LogP contribution in [0.2, 0.25) is 0 Å². The highest BCUT2D eigenvalue weighted by molar-refractivity contribution is 5.27. The Morgan fingerprint density at radius 2 is 2.00 bits per heavy atom. The largest absolute Gasteiger partial charge is 0.375 e. The maximum atomic E-state index is 9.09. The molecule has 1 aromatic rings. The van der Waals surface area contributed by atoms with Crippen LogP contribution in [0.4, 0.5) is 0 Å². The van der Waals surface area contributed by atoms with Gasteiger partial charge in [0.1, 0.15) is 6.10 Å². The smallest absolute Gasteiger partial charge is 0.101 e. The summed E-state index contributed by atoms with van der Waals surface area (Å²) in [5.41, 5.74) is 0.852. The molecule has 0 N–H and O–H groups in total. The summed E-state index contributed by atoms with van der Waals surface area (Å²) in [6.45, 7) is 0. The Morgan fingerprint density at radius 1 is 1.36 bits per heavy atom. The zero-order chi connectivity index (χ0) is 10.0. The van der Waals surface area contributed by atoms with Crippen LogP contribution < -0.4 is 0 Å². The number of nitriles is 1. The highest BCUT2D eigenvalue weighted by Gasteiger charge is 2.51. The number of rotatable bonds is 3. The van der Waals surface area contributed by atoms with Crippen LogP contribution in [0.3, 0.4) is 0 Å². The predicted molar refractivity (Wildman–Crippen MR) is 53.5 cm³/mol. The van der Waals surface area contributed by atoms with Crippen LogP contribution >= 0.6 is 0 Å². The summed E-state index contributed by atoms with van der Waals surface area (Å²) >= 11 is 0. The van der Waals surface area contributed by atoms with Crippen molar-refractivity contribution >= 4 is 0 Å². The Hall–Kier alpha value is -1.33. The fraction of sp³-hybridized carbons (Fsp3) is 0.417. The van der Waals surface area contributed by atoms with E-state index in [1.54, 1.807) is 7.11 Å². The molecule has 2 heteroatoms.